The first-order valence-electron chi connectivity index (χ1n) is 6.89. The molecule has 2 aromatic heterocycles. The molecule has 3 rings (SSSR count). The van der Waals surface area contributed by atoms with Gasteiger partial charge in [0.25, 0.3) is 5.91 Å². The Labute approximate surface area is 147 Å². The highest BCUT2D eigenvalue weighted by molar-refractivity contribution is 6.40. The van der Waals surface area contributed by atoms with Crippen LogP contribution in [0.5, 0.6) is 0 Å². The molecule has 24 heavy (non-hydrogen) atoms. The van der Waals surface area contributed by atoms with Crippen LogP contribution in [0.15, 0.2) is 55.0 Å². The Morgan fingerprint density at radius 3 is 2.50 bits per heavy atom. The molecular weight excluding hydrogens is 349 g/mol. The van der Waals surface area contributed by atoms with Crippen molar-refractivity contribution in [1.82, 2.24) is 15.0 Å². The van der Waals surface area contributed by atoms with Gasteiger partial charge in [0.2, 0.25) is 5.95 Å². The predicted molar refractivity (Wildman–Crippen MR) is 94.0 cm³/mol. The largest absolute Gasteiger partial charge is 0.323 e. The fraction of sp³-hybridized carbons (Fsp3) is 0. The van der Waals surface area contributed by atoms with E-state index in [1.54, 1.807) is 42.7 Å². The van der Waals surface area contributed by atoms with Crippen molar-refractivity contribution in [2.45, 2.75) is 0 Å². The number of hydrogen-bond acceptors (Lipinski definition) is 5. The van der Waals surface area contributed by atoms with E-state index < -0.39 is 5.91 Å². The smallest absolute Gasteiger partial charge is 0.259 e. The monoisotopic (exact) mass is 359 g/mol. The first-order chi connectivity index (χ1) is 11.6. The summed E-state index contributed by atoms with van der Waals surface area (Å²) < 4.78 is 0. The molecule has 2 heterocycles. The summed E-state index contributed by atoms with van der Waals surface area (Å²) in [5.41, 5.74) is 0.927. The SMILES string of the molecule is O=C(Nc1ccnc(Nc2cccnc2)n1)c1c(Cl)cccc1Cl. The van der Waals surface area contributed by atoms with Gasteiger partial charge in [0.15, 0.2) is 0 Å². The number of pyridine rings is 1. The van der Waals surface area contributed by atoms with Crippen molar-refractivity contribution in [3.8, 4) is 0 Å². The number of anilines is 3. The molecule has 0 fully saturated rings. The molecule has 1 aromatic carbocycles. The molecule has 0 bridgehead atoms. The normalized spacial score (nSPS) is 10.2. The third kappa shape index (κ3) is 3.79. The maximum Gasteiger partial charge on any atom is 0.259 e. The zero-order chi connectivity index (χ0) is 16.9. The van der Waals surface area contributed by atoms with Crippen molar-refractivity contribution in [2.24, 2.45) is 0 Å². The molecule has 0 spiro atoms. The average molecular weight is 360 g/mol. The molecule has 3 aromatic rings. The zero-order valence-electron chi connectivity index (χ0n) is 12.2. The van der Waals surface area contributed by atoms with Crippen LogP contribution in [-0.2, 0) is 0 Å². The van der Waals surface area contributed by atoms with Gasteiger partial charge in [0.1, 0.15) is 5.82 Å². The van der Waals surface area contributed by atoms with Gasteiger partial charge >= 0.3 is 0 Å². The van der Waals surface area contributed by atoms with E-state index >= 15 is 0 Å². The van der Waals surface area contributed by atoms with Gasteiger partial charge in [0, 0.05) is 12.4 Å². The lowest BCUT2D eigenvalue weighted by Gasteiger charge is -2.09. The lowest BCUT2D eigenvalue weighted by Crippen LogP contribution is -2.14. The minimum atomic E-state index is -0.448. The Balaban J connectivity index is 1.78. The van der Waals surface area contributed by atoms with Gasteiger partial charge in [-0.3, -0.25) is 9.78 Å². The third-order valence-corrected chi connectivity index (χ3v) is 3.63. The number of benzene rings is 1. The molecule has 2 N–H and O–H groups in total. The lowest BCUT2D eigenvalue weighted by molar-refractivity contribution is 0.102. The summed E-state index contributed by atoms with van der Waals surface area (Å²) in [6, 6.07) is 10.0. The summed E-state index contributed by atoms with van der Waals surface area (Å²) in [5, 5.41) is 6.18. The highest BCUT2D eigenvalue weighted by Gasteiger charge is 2.15. The number of carbonyl (C=O) groups is 1. The standard InChI is InChI=1S/C16H11Cl2N5O/c17-11-4-1-5-12(18)14(11)15(24)22-13-6-8-20-16(23-13)21-10-3-2-7-19-9-10/h1-9H,(H2,20,21,22,23,24). The minimum Gasteiger partial charge on any atom is -0.323 e. The number of amides is 1. The minimum absolute atomic E-state index is 0.196. The number of aromatic nitrogens is 3. The molecule has 8 heteroatoms. The van der Waals surface area contributed by atoms with Gasteiger partial charge in [-0.2, -0.15) is 4.98 Å². The van der Waals surface area contributed by atoms with E-state index in [1.807, 2.05) is 6.07 Å². The Morgan fingerprint density at radius 1 is 1.00 bits per heavy atom. The van der Waals surface area contributed by atoms with Crippen molar-refractivity contribution in [1.29, 1.82) is 0 Å². The molecule has 1 amide bonds. The van der Waals surface area contributed by atoms with Crippen LogP contribution < -0.4 is 10.6 Å². The van der Waals surface area contributed by atoms with Gasteiger partial charge in [-0.25, -0.2) is 4.98 Å². The highest BCUT2D eigenvalue weighted by atomic mass is 35.5. The van der Waals surface area contributed by atoms with E-state index in [0.717, 1.165) is 5.69 Å². The van der Waals surface area contributed by atoms with Crippen LogP contribution in [0.25, 0.3) is 0 Å². The Hall–Kier alpha value is -2.70. The molecule has 0 saturated carbocycles. The number of nitrogens with zero attached hydrogens (tertiary/aromatic N) is 3. The molecule has 0 radical (unpaired) electrons. The summed E-state index contributed by atoms with van der Waals surface area (Å²) in [4.78, 5) is 24.7. The van der Waals surface area contributed by atoms with Crippen molar-refractivity contribution in [3.05, 3.63) is 70.6 Å². The first-order valence-corrected chi connectivity index (χ1v) is 7.64. The van der Waals surface area contributed by atoms with Crippen LogP contribution in [0.4, 0.5) is 17.5 Å². The highest BCUT2D eigenvalue weighted by Crippen LogP contribution is 2.25. The fourth-order valence-corrected chi connectivity index (χ4v) is 2.52. The van der Waals surface area contributed by atoms with E-state index in [-0.39, 0.29) is 15.6 Å². The van der Waals surface area contributed by atoms with Gasteiger partial charge in [-0.15, -0.1) is 0 Å². The van der Waals surface area contributed by atoms with Crippen LogP contribution >= 0.6 is 23.2 Å². The van der Waals surface area contributed by atoms with Crippen LogP contribution in [0.1, 0.15) is 10.4 Å². The zero-order valence-corrected chi connectivity index (χ0v) is 13.7. The number of rotatable bonds is 4. The second-order valence-corrected chi connectivity index (χ2v) is 5.50. The maximum absolute atomic E-state index is 12.4. The quantitative estimate of drug-likeness (QED) is 0.730. The van der Waals surface area contributed by atoms with Crippen molar-refractivity contribution < 1.29 is 4.79 Å². The molecule has 0 aliphatic carbocycles. The molecule has 0 aliphatic heterocycles. The summed E-state index contributed by atoms with van der Waals surface area (Å²) >= 11 is 12.1. The van der Waals surface area contributed by atoms with Crippen LogP contribution in [0, 0.1) is 0 Å². The van der Waals surface area contributed by atoms with Crippen LogP contribution in [0.3, 0.4) is 0 Å². The molecule has 0 atom stereocenters. The Kier molecular flexibility index (Phi) is 4.88. The van der Waals surface area contributed by atoms with Gasteiger partial charge < -0.3 is 10.6 Å². The van der Waals surface area contributed by atoms with Gasteiger partial charge in [-0.05, 0) is 30.3 Å². The van der Waals surface area contributed by atoms with Crippen molar-refractivity contribution in [2.75, 3.05) is 10.6 Å². The van der Waals surface area contributed by atoms with Gasteiger partial charge in [0.05, 0.1) is 27.5 Å². The fourth-order valence-electron chi connectivity index (χ4n) is 1.95. The summed E-state index contributed by atoms with van der Waals surface area (Å²) in [7, 11) is 0. The van der Waals surface area contributed by atoms with E-state index in [0.29, 0.717) is 11.8 Å². The lowest BCUT2D eigenvalue weighted by atomic mass is 10.2. The Morgan fingerprint density at radius 2 is 1.79 bits per heavy atom. The molecule has 0 unspecified atom stereocenters. The molecule has 120 valence electrons. The molecule has 6 nitrogen and oxygen atoms in total. The summed E-state index contributed by atoms with van der Waals surface area (Å²) in [6.07, 6.45) is 4.82. The second-order valence-electron chi connectivity index (χ2n) is 4.68. The van der Waals surface area contributed by atoms with E-state index in [9.17, 15) is 4.79 Å². The van der Waals surface area contributed by atoms with Crippen molar-refractivity contribution in [3.63, 3.8) is 0 Å². The third-order valence-electron chi connectivity index (χ3n) is 3.00. The van der Waals surface area contributed by atoms with Crippen LogP contribution in [0.2, 0.25) is 10.0 Å². The average Bonchev–Trinajstić information content (AvgIpc) is 2.56. The summed E-state index contributed by atoms with van der Waals surface area (Å²) in [5.74, 6) is 0.195. The topological polar surface area (TPSA) is 79.8 Å². The molecule has 0 saturated heterocycles. The number of nitrogens with one attached hydrogen (secondary N) is 2. The van der Waals surface area contributed by atoms with E-state index in [4.69, 9.17) is 23.2 Å². The predicted octanol–water partition coefficient (Wildman–Crippen LogP) is 4.17. The number of halogens is 2. The number of carbonyl (C=O) groups excluding carboxylic acids is 1. The Bertz CT molecular complexity index is 853. The second kappa shape index (κ2) is 7.25. The van der Waals surface area contributed by atoms with Crippen LogP contribution in [-0.4, -0.2) is 20.9 Å². The molecule has 0 aliphatic rings. The molecular formula is C16H11Cl2N5O. The van der Waals surface area contributed by atoms with E-state index in [1.165, 1.54) is 6.20 Å². The van der Waals surface area contributed by atoms with Gasteiger partial charge in [-0.1, -0.05) is 29.3 Å². The first kappa shape index (κ1) is 16.2. The number of hydrogen-bond donors (Lipinski definition) is 2. The maximum atomic E-state index is 12.4. The van der Waals surface area contributed by atoms with Crippen molar-refractivity contribution >= 4 is 46.6 Å². The summed E-state index contributed by atoms with van der Waals surface area (Å²) in [6.45, 7) is 0. The van der Waals surface area contributed by atoms with E-state index in [2.05, 4.69) is 25.6 Å².